The first-order chi connectivity index (χ1) is 5.33. The number of hydrogen-bond acceptors (Lipinski definition) is 4. The second kappa shape index (κ2) is 4.05. The summed E-state index contributed by atoms with van der Waals surface area (Å²) in [5, 5.41) is 7.20. The highest BCUT2D eigenvalue weighted by atomic mass is 35.5. The number of nitrogens with one attached hydrogen (secondary N) is 1. The van der Waals surface area contributed by atoms with Gasteiger partial charge in [0.15, 0.2) is 0 Å². The van der Waals surface area contributed by atoms with Crippen molar-refractivity contribution in [3.63, 3.8) is 0 Å². The highest BCUT2D eigenvalue weighted by Crippen LogP contribution is 2.05. The molecule has 0 aliphatic carbocycles. The molecule has 0 radical (unpaired) electrons. The van der Waals surface area contributed by atoms with Gasteiger partial charge in [0.05, 0.1) is 0 Å². The van der Waals surface area contributed by atoms with Gasteiger partial charge in [0.2, 0.25) is 11.6 Å². The minimum atomic E-state index is -0.750. The third-order valence-corrected chi connectivity index (χ3v) is 1.19. The third-order valence-electron chi connectivity index (χ3n) is 0.922. The van der Waals surface area contributed by atoms with Crippen molar-refractivity contribution in [2.24, 2.45) is 10.2 Å². The molecule has 0 amide bonds. The van der Waals surface area contributed by atoms with Gasteiger partial charge in [0.1, 0.15) is 0 Å². The number of rotatable bonds is 3. The molecule has 0 spiro atoms. The van der Waals surface area contributed by atoms with Crippen molar-refractivity contribution in [2.45, 2.75) is 5.69 Å². The van der Waals surface area contributed by atoms with E-state index in [1.807, 2.05) is 0 Å². The lowest BCUT2D eigenvalue weighted by molar-refractivity contribution is 0.169. The smallest absolute Gasteiger partial charge is 0.246 e. The van der Waals surface area contributed by atoms with E-state index in [0.29, 0.717) is 5.95 Å². The molecule has 1 unspecified atom stereocenters. The molecule has 1 heterocycles. The summed E-state index contributed by atoms with van der Waals surface area (Å²) >= 11 is 5.46. The van der Waals surface area contributed by atoms with Gasteiger partial charge in [0, 0.05) is 19.5 Å². The van der Waals surface area contributed by atoms with Crippen molar-refractivity contribution in [2.75, 3.05) is 7.11 Å². The van der Waals surface area contributed by atoms with Crippen LogP contribution in [-0.4, -0.2) is 22.8 Å². The monoisotopic (exact) mass is 174 g/mol. The number of ether oxygens (including phenoxy) is 1. The van der Waals surface area contributed by atoms with Crippen molar-refractivity contribution >= 4 is 17.5 Å². The molecule has 0 saturated carbocycles. The zero-order chi connectivity index (χ0) is 8.10. The lowest BCUT2D eigenvalue weighted by Gasteiger charge is -1.95. The minimum absolute atomic E-state index is 0.410. The molecule has 1 rings (SSSR count). The van der Waals surface area contributed by atoms with E-state index in [9.17, 15) is 0 Å². The second-order valence-electron chi connectivity index (χ2n) is 1.66. The fourth-order valence-electron chi connectivity index (χ4n) is 0.459. The SMILES string of the molecule is COC(Cl)/N=N/c1ncc[nH]1. The summed E-state index contributed by atoms with van der Waals surface area (Å²) in [4.78, 5) is 6.52. The Kier molecular flexibility index (Phi) is 3.00. The Bertz CT molecular complexity index is 222. The average molecular weight is 175 g/mol. The average Bonchev–Trinajstić information content (AvgIpc) is 2.52. The lowest BCUT2D eigenvalue weighted by atomic mass is 11.0. The standard InChI is InChI=1S/C5H7ClN4O/c1-11-4(6)9-10-5-7-2-3-8-5/h2-4H,1H3,(H,7,8)/b10-9+. The van der Waals surface area contributed by atoms with Crippen molar-refractivity contribution in [3.05, 3.63) is 12.4 Å². The molecule has 5 nitrogen and oxygen atoms in total. The number of methoxy groups -OCH3 is 1. The third kappa shape index (κ3) is 2.65. The molecule has 0 aromatic carbocycles. The molecule has 1 atom stereocenters. The first-order valence-corrected chi connectivity index (χ1v) is 3.33. The van der Waals surface area contributed by atoms with E-state index >= 15 is 0 Å². The van der Waals surface area contributed by atoms with Crippen LogP contribution in [-0.2, 0) is 4.74 Å². The number of aromatic nitrogens is 2. The van der Waals surface area contributed by atoms with Crippen LogP contribution in [0.25, 0.3) is 0 Å². The van der Waals surface area contributed by atoms with Gasteiger partial charge in [0.25, 0.3) is 0 Å². The minimum Gasteiger partial charge on any atom is -0.346 e. The Morgan fingerprint density at radius 1 is 1.82 bits per heavy atom. The number of hydrogen-bond donors (Lipinski definition) is 1. The number of azo groups is 1. The van der Waals surface area contributed by atoms with E-state index in [0.717, 1.165) is 0 Å². The van der Waals surface area contributed by atoms with Crippen LogP contribution in [0.4, 0.5) is 5.95 Å². The summed E-state index contributed by atoms with van der Waals surface area (Å²) < 4.78 is 4.61. The summed E-state index contributed by atoms with van der Waals surface area (Å²) in [5.41, 5.74) is -0.750. The molecular weight excluding hydrogens is 168 g/mol. The lowest BCUT2D eigenvalue weighted by Crippen LogP contribution is -1.93. The van der Waals surface area contributed by atoms with Crippen LogP contribution in [0.5, 0.6) is 0 Å². The topological polar surface area (TPSA) is 62.6 Å². The van der Waals surface area contributed by atoms with Gasteiger partial charge in [-0.25, -0.2) is 4.98 Å². The largest absolute Gasteiger partial charge is 0.346 e. The van der Waals surface area contributed by atoms with Crippen LogP contribution in [0.3, 0.4) is 0 Å². The number of H-pyrrole nitrogens is 1. The summed E-state index contributed by atoms with van der Waals surface area (Å²) in [6.45, 7) is 0. The maximum atomic E-state index is 5.46. The summed E-state index contributed by atoms with van der Waals surface area (Å²) in [6.07, 6.45) is 3.22. The first kappa shape index (κ1) is 8.16. The van der Waals surface area contributed by atoms with Gasteiger partial charge in [-0.1, -0.05) is 11.6 Å². The first-order valence-electron chi connectivity index (χ1n) is 2.90. The molecule has 1 N–H and O–H groups in total. The number of halogens is 1. The summed E-state index contributed by atoms with van der Waals surface area (Å²) in [5.74, 6) is 0.410. The molecule has 0 fully saturated rings. The van der Waals surface area contributed by atoms with E-state index < -0.39 is 5.69 Å². The van der Waals surface area contributed by atoms with Crippen LogP contribution in [0.15, 0.2) is 22.6 Å². The van der Waals surface area contributed by atoms with Gasteiger partial charge in [-0.05, 0) is 0 Å². The van der Waals surface area contributed by atoms with Crippen molar-refractivity contribution in [1.29, 1.82) is 0 Å². The van der Waals surface area contributed by atoms with Gasteiger partial charge in [-0.15, -0.1) is 10.2 Å². The van der Waals surface area contributed by atoms with Crippen molar-refractivity contribution < 1.29 is 4.74 Å². The maximum Gasteiger partial charge on any atom is 0.246 e. The molecule has 1 aromatic rings. The van der Waals surface area contributed by atoms with Crippen molar-refractivity contribution in [3.8, 4) is 0 Å². The quantitative estimate of drug-likeness (QED) is 0.430. The molecule has 60 valence electrons. The predicted molar refractivity (Wildman–Crippen MR) is 39.8 cm³/mol. The Labute approximate surface area is 68.5 Å². The zero-order valence-corrected chi connectivity index (χ0v) is 6.62. The molecule has 0 aliphatic heterocycles. The fraction of sp³-hybridized carbons (Fsp3) is 0.400. The van der Waals surface area contributed by atoms with Gasteiger partial charge in [-0.2, -0.15) is 0 Å². The van der Waals surface area contributed by atoms with Crippen LogP contribution in [0, 0.1) is 0 Å². The molecule has 6 heteroatoms. The molecule has 1 aromatic heterocycles. The van der Waals surface area contributed by atoms with E-state index in [1.54, 1.807) is 12.4 Å². The maximum absolute atomic E-state index is 5.46. The van der Waals surface area contributed by atoms with Crippen LogP contribution in [0.1, 0.15) is 0 Å². The van der Waals surface area contributed by atoms with E-state index in [1.165, 1.54) is 7.11 Å². The van der Waals surface area contributed by atoms with E-state index in [-0.39, 0.29) is 0 Å². The highest BCUT2D eigenvalue weighted by molar-refractivity contribution is 6.19. The van der Waals surface area contributed by atoms with Crippen molar-refractivity contribution in [1.82, 2.24) is 9.97 Å². The van der Waals surface area contributed by atoms with Gasteiger partial charge < -0.3 is 9.72 Å². The molecule has 11 heavy (non-hydrogen) atoms. The predicted octanol–water partition coefficient (Wildman–Crippen LogP) is 1.66. The number of alkyl halides is 1. The number of aromatic amines is 1. The normalized spacial score (nSPS) is 14.0. The second-order valence-corrected chi connectivity index (χ2v) is 2.03. The molecule has 0 bridgehead atoms. The summed E-state index contributed by atoms with van der Waals surface area (Å²) in [6, 6.07) is 0. The highest BCUT2D eigenvalue weighted by Gasteiger charge is 1.96. The van der Waals surface area contributed by atoms with Gasteiger partial charge >= 0.3 is 0 Å². The molecule has 0 saturated heterocycles. The number of imidazole rings is 1. The van der Waals surface area contributed by atoms with E-state index in [2.05, 4.69) is 24.9 Å². The Morgan fingerprint density at radius 2 is 2.64 bits per heavy atom. The van der Waals surface area contributed by atoms with Crippen LogP contribution in [0.2, 0.25) is 0 Å². The summed E-state index contributed by atoms with van der Waals surface area (Å²) in [7, 11) is 1.44. The zero-order valence-electron chi connectivity index (χ0n) is 5.86. The fourth-order valence-corrected chi connectivity index (χ4v) is 0.502. The number of nitrogens with zero attached hydrogens (tertiary/aromatic N) is 3. The van der Waals surface area contributed by atoms with Crippen LogP contribution < -0.4 is 0 Å². The molecule has 0 aliphatic rings. The Hall–Kier alpha value is -0.940. The Balaban J connectivity index is 2.48. The van der Waals surface area contributed by atoms with Crippen LogP contribution >= 0.6 is 11.6 Å². The van der Waals surface area contributed by atoms with Gasteiger partial charge in [-0.3, -0.25) is 0 Å². The molecular formula is C5H7ClN4O. The Morgan fingerprint density at radius 3 is 3.18 bits per heavy atom. The van der Waals surface area contributed by atoms with E-state index in [4.69, 9.17) is 11.6 Å².